The summed E-state index contributed by atoms with van der Waals surface area (Å²) >= 11 is 17.1. The fraction of sp³-hybridized carbons (Fsp3) is 0.125. The van der Waals surface area contributed by atoms with Gasteiger partial charge in [0.25, 0.3) is 0 Å². The summed E-state index contributed by atoms with van der Waals surface area (Å²) < 4.78 is 37.1. The highest BCUT2D eigenvalue weighted by atomic mass is 35.5. The Labute approximate surface area is 102 Å². The van der Waals surface area contributed by atoms with Crippen molar-refractivity contribution in [2.75, 3.05) is 0 Å². The molecule has 2 rings (SSSR count). The average Bonchev–Trinajstić information content (AvgIpc) is 2.57. The average molecular weight is 289 g/mol. The second-order valence-corrected chi connectivity index (χ2v) is 4.13. The van der Waals surface area contributed by atoms with E-state index in [4.69, 9.17) is 34.8 Å². The second kappa shape index (κ2) is 3.68. The molecule has 0 unspecified atom stereocenters. The molecule has 0 aliphatic rings. The van der Waals surface area contributed by atoms with Crippen molar-refractivity contribution >= 4 is 45.8 Å². The molecule has 1 N–H and O–H groups in total. The molecule has 0 aliphatic heterocycles. The van der Waals surface area contributed by atoms with Crippen LogP contribution >= 0.6 is 34.8 Å². The monoisotopic (exact) mass is 288 g/mol. The lowest BCUT2D eigenvalue weighted by atomic mass is 10.3. The van der Waals surface area contributed by atoms with Crippen molar-refractivity contribution < 1.29 is 13.2 Å². The molecule has 0 saturated heterocycles. The van der Waals surface area contributed by atoms with E-state index in [1.165, 1.54) is 6.07 Å². The minimum atomic E-state index is -4.57. The number of hydrogen-bond donors (Lipinski definition) is 1. The molecule has 1 aromatic carbocycles. The lowest BCUT2D eigenvalue weighted by molar-refractivity contribution is -0.144. The Morgan fingerprint density at radius 1 is 1.12 bits per heavy atom. The summed E-state index contributed by atoms with van der Waals surface area (Å²) in [5.41, 5.74) is 0.0371. The number of nitrogens with one attached hydrogen (secondary N) is 1. The number of nitrogens with zero attached hydrogens (tertiary/aromatic N) is 1. The van der Waals surface area contributed by atoms with E-state index in [9.17, 15) is 13.2 Å². The molecule has 0 radical (unpaired) electrons. The van der Waals surface area contributed by atoms with Crippen molar-refractivity contribution in [1.82, 2.24) is 9.97 Å². The Hall–Kier alpha value is -0.650. The normalized spacial score (nSPS) is 12.4. The maximum Gasteiger partial charge on any atom is 0.449 e. The van der Waals surface area contributed by atoms with Crippen LogP contribution in [-0.2, 0) is 6.18 Å². The molecule has 1 heterocycles. The van der Waals surface area contributed by atoms with Crippen LogP contribution in [0.4, 0.5) is 13.2 Å². The lowest BCUT2D eigenvalue weighted by Crippen LogP contribution is -2.06. The van der Waals surface area contributed by atoms with Gasteiger partial charge in [-0.1, -0.05) is 34.8 Å². The van der Waals surface area contributed by atoms with Crippen LogP contribution in [-0.4, -0.2) is 9.97 Å². The number of fused-ring (bicyclic) bond motifs is 1. The molecule has 1 aromatic heterocycles. The van der Waals surface area contributed by atoms with Crippen molar-refractivity contribution in [3.05, 3.63) is 27.0 Å². The van der Waals surface area contributed by atoms with Crippen LogP contribution in [0.2, 0.25) is 15.1 Å². The largest absolute Gasteiger partial charge is 0.449 e. The van der Waals surface area contributed by atoms with Gasteiger partial charge in [0.1, 0.15) is 5.52 Å². The summed E-state index contributed by atoms with van der Waals surface area (Å²) in [6.45, 7) is 0. The molecular weight excluding hydrogens is 287 g/mol. The van der Waals surface area contributed by atoms with Crippen LogP contribution in [0.3, 0.4) is 0 Å². The third kappa shape index (κ3) is 1.83. The van der Waals surface area contributed by atoms with Crippen LogP contribution < -0.4 is 0 Å². The summed E-state index contributed by atoms with van der Waals surface area (Å²) in [5.74, 6) is -1.14. The third-order valence-corrected chi connectivity index (χ3v) is 3.13. The van der Waals surface area contributed by atoms with Crippen LogP contribution in [0.15, 0.2) is 6.07 Å². The smallest absolute Gasteiger partial charge is 0.334 e. The van der Waals surface area contributed by atoms with Gasteiger partial charge in [-0.15, -0.1) is 0 Å². The Bertz CT molecular complexity index is 562. The number of benzene rings is 1. The zero-order valence-electron chi connectivity index (χ0n) is 7.29. The molecule has 8 heteroatoms. The number of aromatic nitrogens is 2. The van der Waals surface area contributed by atoms with E-state index >= 15 is 0 Å². The third-order valence-electron chi connectivity index (χ3n) is 1.88. The Morgan fingerprint density at radius 2 is 1.75 bits per heavy atom. The number of halogens is 6. The Kier molecular flexibility index (Phi) is 2.72. The van der Waals surface area contributed by atoms with Crippen LogP contribution in [0.5, 0.6) is 0 Å². The Morgan fingerprint density at radius 3 is 2.31 bits per heavy atom. The molecule has 0 atom stereocenters. The molecular formula is C8H2Cl3F3N2. The zero-order chi connectivity index (χ0) is 12.1. The summed E-state index contributed by atoms with van der Waals surface area (Å²) in [4.78, 5) is 5.41. The SMILES string of the molecule is FC(F)(F)c1nc2c(Cl)c(Cl)c(Cl)cc2[nH]1. The molecule has 0 amide bonds. The zero-order valence-corrected chi connectivity index (χ0v) is 9.56. The molecule has 2 aromatic rings. The molecule has 0 aliphatic carbocycles. The van der Waals surface area contributed by atoms with Gasteiger partial charge in [0.2, 0.25) is 5.82 Å². The van der Waals surface area contributed by atoms with Crippen molar-refractivity contribution in [3.8, 4) is 0 Å². The van der Waals surface area contributed by atoms with Gasteiger partial charge in [0.05, 0.1) is 20.6 Å². The van der Waals surface area contributed by atoms with Gasteiger partial charge < -0.3 is 4.98 Å². The summed E-state index contributed by atoms with van der Waals surface area (Å²) in [6.07, 6.45) is -4.57. The van der Waals surface area contributed by atoms with Gasteiger partial charge in [0.15, 0.2) is 0 Å². The van der Waals surface area contributed by atoms with Gasteiger partial charge in [-0.2, -0.15) is 13.2 Å². The van der Waals surface area contributed by atoms with E-state index in [2.05, 4.69) is 9.97 Å². The standard InChI is InChI=1S/C8H2Cl3F3N2/c9-2-1-3-6(5(11)4(2)10)16-7(15-3)8(12,13)14/h1H,(H,15,16). The van der Waals surface area contributed by atoms with E-state index in [-0.39, 0.29) is 26.1 Å². The molecule has 0 saturated carbocycles. The van der Waals surface area contributed by atoms with E-state index in [0.29, 0.717) is 0 Å². The van der Waals surface area contributed by atoms with Gasteiger partial charge in [0, 0.05) is 0 Å². The van der Waals surface area contributed by atoms with Crippen LogP contribution in [0, 0.1) is 0 Å². The minimum absolute atomic E-state index is 0.0175. The highest BCUT2D eigenvalue weighted by molar-refractivity contribution is 6.50. The second-order valence-electron chi connectivity index (χ2n) is 2.97. The first kappa shape index (κ1) is 11.8. The van der Waals surface area contributed by atoms with E-state index < -0.39 is 12.0 Å². The number of H-pyrrole nitrogens is 1. The van der Waals surface area contributed by atoms with Gasteiger partial charge in [-0.25, -0.2) is 4.98 Å². The van der Waals surface area contributed by atoms with Gasteiger partial charge in [-0.3, -0.25) is 0 Å². The molecule has 0 fully saturated rings. The highest BCUT2D eigenvalue weighted by Gasteiger charge is 2.35. The summed E-state index contributed by atoms with van der Waals surface area (Å²) in [6, 6.07) is 1.24. The number of hydrogen-bond acceptors (Lipinski definition) is 1. The summed E-state index contributed by atoms with van der Waals surface area (Å²) in [5, 5.41) is -0.0523. The highest BCUT2D eigenvalue weighted by Crippen LogP contribution is 2.37. The van der Waals surface area contributed by atoms with Gasteiger partial charge >= 0.3 is 6.18 Å². The predicted molar refractivity (Wildman–Crippen MR) is 56.1 cm³/mol. The fourth-order valence-electron chi connectivity index (χ4n) is 1.19. The topological polar surface area (TPSA) is 28.7 Å². The quantitative estimate of drug-likeness (QED) is 0.709. The van der Waals surface area contributed by atoms with Crippen LogP contribution in [0.25, 0.3) is 11.0 Å². The molecule has 2 nitrogen and oxygen atoms in total. The first-order chi connectivity index (χ1) is 7.30. The van der Waals surface area contributed by atoms with Crippen LogP contribution in [0.1, 0.15) is 5.82 Å². The molecule has 0 bridgehead atoms. The van der Waals surface area contributed by atoms with Crippen molar-refractivity contribution in [2.24, 2.45) is 0 Å². The maximum absolute atomic E-state index is 12.4. The van der Waals surface area contributed by atoms with E-state index in [0.717, 1.165) is 0 Å². The number of imidazole rings is 1. The maximum atomic E-state index is 12.4. The molecule has 0 spiro atoms. The van der Waals surface area contributed by atoms with Crippen molar-refractivity contribution in [3.63, 3.8) is 0 Å². The van der Waals surface area contributed by atoms with E-state index in [1.54, 1.807) is 0 Å². The number of alkyl halides is 3. The molecule has 86 valence electrons. The number of aromatic amines is 1. The lowest BCUT2D eigenvalue weighted by Gasteiger charge is -1.98. The minimum Gasteiger partial charge on any atom is -0.334 e. The fourth-order valence-corrected chi connectivity index (χ4v) is 1.83. The molecule has 16 heavy (non-hydrogen) atoms. The van der Waals surface area contributed by atoms with Gasteiger partial charge in [-0.05, 0) is 6.07 Å². The first-order valence-electron chi connectivity index (χ1n) is 3.91. The first-order valence-corrected chi connectivity index (χ1v) is 5.04. The van der Waals surface area contributed by atoms with Crippen molar-refractivity contribution in [2.45, 2.75) is 6.18 Å². The van der Waals surface area contributed by atoms with E-state index in [1.807, 2.05) is 0 Å². The number of rotatable bonds is 0. The predicted octanol–water partition coefficient (Wildman–Crippen LogP) is 4.54. The Balaban J connectivity index is 2.77. The summed E-state index contributed by atoms with van der Waals surface area (Å²) in [7, 11) is 0. The van der Waals surface area contributed by atoms with Crippen molar-refractivity contribution in [1.29, 1.82) is 0 Å².